The van der Waals surface area contributed by atoms with E-state index in [0.29, 0.717) is 24.0 Å². The largest absolute Gasteiger partial charge is 0.490 e. The first-order valence-corrected chi connectivity index (χ1v) is 6.76. The van der Waals surface area contributed by atoms with Gasteiger partial charge in [-0.05, 0) is 13.1 Å². The molecular formula is C15H17ClN2O2. The van der Waals surface area contributed by atoms with E-state index in [2.05, 4.69) is 10.3 Å². The molecule has 0 fully saturated rings. The van der Waals surface area contributed by atoms with E-state index in [0.717, 1.165) is 17.9 Å². The van der Waals surface area contributed by atoms with Gasteiger partial charge in [0.15, 0.2) is 0 Å². The third kappa shape index (κ3) is 4.40. The second-order valence-corrected chi connectivity index (χ2v) is 4.61. The van der Waals surface area contributed by atoms with Gasteiger partial charge in [0.25, 0.3) is 0 Å². The maximum absolute atomic E-state index is 5.83. The van der Waals surface area contributed by atoms with Crippen LogP contribution in [0.15, 0.2) is 42.7 Å². The fraction of sp³-hybridized carbons (Fsp3) is 0.267. The Morgan fingerprint density at radius 3 is 2.75 bits per heavy atom. The Balaban J connectivity index is 1.81. The highest BCUT2D eigenvalue weighted by atomic mass is 35.5. The molecule has 0 amide bonds. The Kier molecular flexibility index (Phi) is 5.65. The van der Waals surface area contributed by atoms with E-state index in [9.17, 15) is 0 Å². The SMILES string of the molecule is CNCc1ccccc1OCCOc1cncc(Cl)c1. The molecule has 0 saturated heterocycles. The van der Waals surface area contributed by atoms with Crippen LogP contribution in [0, 0.1) is 0 Å². The van der Waals surface area contributed by atoms with Crippen molar-refractivity contribution < 1.29 is 9.47 Å². The number of halogens is 1. The molecule has 1 aromatic heterocycles. The number of aromatic nitrogens is 1. The molecule has 0 radical (unpaired) electrons. The number of hydrogen-bond acceptors (Lipinski definition) is 4. The van der Waals surface area contributed by atoms with E-state index >= 15 is 0 Å². The average Bonchev–Trinajstić information content (AvgIpc) is 2.46. The summed E-state index contributed by atoms with van der Waals surface area (Å²) >= 11 is 5.83. The second kappa shape index (κ2) is 7.72. The van der Waals surface area contributed by atoms with E-state index in [-0.39, 0.29) is 0 Å². The Hall–Kier alpha value is -1.78. The van der Waals surface area contributed by atoms with Gasteiger partial charge in [-0.1, -0.05) is 29.8 Å². The van der Waals surface area contributed by atoms with Gasteiger partial charge in [-0.15, -0.1) is 0 Å². The molecule has 0 bridgehead atoms. The molecule has 1 N–H and O–H groups in total. The zero-order chi connectivity index (χ0) is 14.2. The molecule has 1 heterocycles. The summed E-state index contributed by atoms with van der Waals surface area (Å²) in [5.41, 5.74) is 1.12. The predicted molar refractivity (Wildman–Crippen MR) is 79.4 cm³/mol. The molecule has 4 nitrogen and oxygen atoms in total. The fourth-order valence-electron chi connectivity index (χ4n) is 1.76. The molecule has 2 aromatic rings. The molecule has 1 aromatic carbocycles. The van der Waals surface area contributed by atoms with Crippen molar-refractivity contribution in [3.05, 3.63) is 53.3 Å². The van der Waals surface area contributed by atoms with Crippen LogP contribution < -0.4 is 14.8 Å². The molecule has 0 atom stereocenters. The molecule has 5 heteroatoms. The first kappa shape index (κ1) is 14.6. The highest BCUT2D eigenvalue weighted by molar-refractivity contribution is 6.30. The van der Waals surface area contributed by atoms with E-state index in [1.165, 1.54) is 0 Å². The molecule has 2 rings (SSSR count). The monoisotopic (exact) mass is 292 g/mol. The zero-order valence-electron chi connectivity index (χ0n) is 11.3. The number of hydrogen-bond donors (Lipinski definition) is 1. The minimum Gasteiger partial charge on any atom is -0.490 e. The number of nitrogens with zero attached hydrogens (tertiary/aromatic N) is 1. The fourth-order valence-corrected chi connectivity index (χ4v) is 1.93. The third-order valence-corrected chi connectivity index (χ3v) is 2.84. The minimum absolute atomic E-state index is 0.440. The lowest BCUT2D eigenvalue weighted by molar-refractivity contribution is 0.215. The van der Waals surface area contributed by atoms with Gasteiger partial charge in [-0.3, -0.25) is 4.98 Å². The molecule has 0 aliphatic rings. The van der Waals surface area contributed by atoms with Crippen LogP contribution >= 0.6 is 11.6 Å². The van der Waals surface area contributed by atoms with Gasteiger partial charge < -0.3 is 14.8 Å². The Morgan fingerprint density at radius 2 is 1.95 bits per heavy atom. The molecule has 0 aliphatic carbocycles. The van der Waals surface area contributed by atoms with E-state index < -0.39 is 0 Å². The van der Waals surface area contributed by atoms with Crippen LogP contribution in [0.4, 0.5) is 0 Å². The Morgan fingerprint density at radius 1 is 1.15 bits per heavy atom. The second-order valence-electron chi connectivity index (χ2n) is 4.17. The molecule has 0 aliphatic heterocycles. The van der Waals surface area contributed by atoms with Crippen molar-refractivity contribution in [3.8, 4) is 11.5 Å². The smallest absolute Gasteiger partial charge is 0.139 e. The lowest BCUT2D eigenvalue weighted by atomic mass is 10.2. The van der Waals surface area contributed by atoms with Crippen LogP contribution in [0.25, 0.3) is 0 Å². The number of para-hydroxylation sites is 1. The number of ether oxygens (including phenoxy) is 2. The van der Waals surface area contributed by atoms with Crippen molar-refractivity contribution in [2.45, 2.75) is 6.54 Å². The van der Waals surface area contributed by atoms with Gasteiger partial charge in [0.1, 0.15) is 24.7 Å². The molecule has 106 valence electrons. The summed E-state index contributed by atoms with van der Waals surface area (Å²) < 4.78 is 11.2. The zero-order valence-corrected chi connectivity index (χ0v) is 12.1. The standard InChI is InChI=1S/C15H17ClN2O2/c1-17-9-12-4-2-3-5-15(12)20-7-6-19-14-8-13(16)10-18-11-14/h2-5,8,10-11,17H,6-7,9H2,1H3. The summed E-state index contributed by atoms with van der Waals surface area (Å²) in [6.07, 6.45) is 3.19. The summed E-state index contributed by atoms with van der Waals surface area (Å²) in [7, 11) is 1.91. The van der Waals surface area contributed by atoms with Crippen LogP contribution in [0.3, 0.4) is 0 Å². The molecule has 0 saturated carbocycles. The van der Waals surface area contributed by atoms with Crippen LogP contribution in [0.1, 0.15) is 5.56 Å². The van der Waals surface area contributed by atoms with Crippen LogP contribution in [-0.2, 0) is 6.54 Å². The number of pyridine rings is 1. The van der Waals surface area contributed by atoms with Crippen LogP contribution in [0.2, 0.25) is 5.02 Å². The molecular weight excluding hydrogens is 276 g/mol. The van der Waals surface area contributed by atoms with Gasteiger partial charge in [0.05, 0.1) is 11.2 Å². The van der Waals surface area contributed by atoms with Crippen molar-refractivity contribution in [1.82, 2.24) is 10.3 Å². The highest BCUT2D eigenvalue weighted by Crippen LogP contribution is 2.18. The number of rotatable bonds is 7. The Bertz CT molecular complexity index is 549. The molecule has 0 spiro atoms. The van der Waals surface area contributed by atoms with Gasteiger partial charge in [0, 0.05) is 24.4 Å². The highest BCUT2D eigenvalue weighted by Gasteiger charge is 2.02. The van der Waals surface area contributed by atoms with Crippen molar-refractivity contribution in [3.63, 3.8) is 0 Å². The van der Waals surface area contributed by atoms with Gasteiger partial charge in [-0.2, -0.15) is 0 Å². The van der Waals surface area contributed by atoms with Crippen molar-refractivity contribution in [1.29, 1.82) is 0 Å². The normalized spacial score (nSPS) is 10.3. The topological polar surface area (TPSA) is 43.4 Å². The van der Waals surface area contributed by atoms with E-state index in [4.69, 9.17) is 21.1 Å². The van der Waals surface area contributed by atoms with Crippen molar-refractivity contribution in [2.75, 3.05) is 20.3 Å². The number of benzene rings is 1. The summed E-state index contributed by atoms with van der Waals surface area (Å²) in [6, 6.07) is 9.66. The average molecular weight is 293 g/mol. The summed E-state index contributed by atoms with van der Waals surface area (Å²) in [5, 5.41) is 3.67. The predicted octanol–water partition coefficient (Wildman–Crippen LogP) is 2.91. The van der Waals surface area contributed by atoms with Crippen LogP contribution in [0.5, 0.6) is 11.5 Å². The first-order chi connectivity index (χ1) is 9.79. The Labute approximate surface area is 123 Å². The van der Waals surface area contributed by atoms with Gasteiger partial charge in [-0.25, -0.2) is 0 Å². The lowest BCUT2D eigenvalue weighted by Gasteiger charge is -2.11. The summed E-state index contributed by atoms with van der Waals surface area (Å²) in [4.78, 5) is 3.95. The van der Waals surface area contributed by atoms with E-state index in [1.807, 2.05) is 31.3 Å². The van der Waals surface area contributed by atoms with Crippen LogP contribution in [-0.4, -0.2) is 25.2 Å². The summed E-state index contributed by atoms with van der Waals surface area (Å²) in [6.45, 7) is 1.68. The quantitative estimate of drug-likeness (QED) is 0.797. The molecule has 20 heavy (non-hydrogen) atoms. The summed E-state index contributed by atoms with van der Waals surface area (Å²) in [5.74, 6) is 1.51. The third-order valence-electron chi connectivity index (χ3n) is 2.63. The van der Waals surface area contributed by atoms with Crippen molar-refractivity contribution in [2.24, 2.45) is 0 Å². The lowest BCUT2D eigenvalue weighted by Crippen LogP contribution is -2.12. The molecule has 0 unspecified atom stereocenters. The van der Waals surface area contributed by atoms with Gasteiger partial charge >= 0.3 is 0 Å². The maximum Gasteiger partial charge on any atom is 0.139 e. The minimum atomic E-state index is 0.440. The van der Waals surface area contributed by atoms with E-state index in [1.54, 1.807) is 18.5 Å². The first-order valence-electron chi connectivity index (χ1n) is 6.38. The maximum atomic E-state index is 5.83. The van der Waals surface area contributed by atoms with Gasteiger partial charge in [0.2, 0.25) is 0 Å². The van der Waals surface area contributed by atoms with Crippen molar-refractivity contribution >= 4 is 11.6 Å². The number of nitrogens with one attached hydrogen (secondary N) is 1.